The lowest BCUT2D eigenvalue weighted by molar-refractivity contribution is -0.274. The van der Waals surface area contributed by atoms with E-state index in [1.165, 1.54) is 12.1 Å². The van der Waals surface area contributed by atoms with Crippen molar-refractivity contribution in [1.82, 2.24) is 5.32 Å². The predicted molar refractivity (Wildman–Crippen MR) is 77.2 cm³/mol. The summed E-state index contributed by atoms with van der Waals surface area (Å²) < 4.78 is 41.5. The van der Waals surface area contributed by atoms with Crippen LogP contribution in [0.5, 0.6) is 5.75 Å². The van der Waals surface area contributed by atoms with Gasteiger partial charge in [-0.1, -0.05) is 15.9 Å². The van der Waals surface area contributed by atoms with Gasteiger partial charge in [-0.25, -0.2) is 0 Å². The first-order chi connectivity index (χ1) is 9.58. The maximum atomic E-state index is 12.4. The van der Waals surface area contributed by atoms with Gasteiger partial charge in [-0.05, 0) is 39.0 Å². The van der Waals surface area contributed by atoms with E-state index >= 15 is 0 Å². The van der Waals surface area contributed by atoms with Crippen LogP contribution in [0.4, 0.5) is 18.9 Å². The Morgan fingerprint density at radius 3 is 2.43 bits per heavy atom. The molecule has 0 bridgehead atoms. The minimum Gasteiger partial charge on any atom is -0.404 e. The number of alkyl halides is 3. The summed E-state index contributed by atoms with van der Waals surface area (Å²) in [6, 6.07) is 3.38. The molecule has 0 saturated heterocycles. The summed E-state index contributed by atoms with van der Waals surface area (Å²) in [7, 11) is 0. The van der Waals surface area contributed by atoms with Gasteiger partial charge in [0.1, 0.15) is 6.04 Å². The molecular formula is C13H16BrF3N2O2. The zero-order valence-corrected chi connectivity index (χ0v) is 13.3. The highest BCUT2D eigenvalue weighted by molar-refractivity contribution is 9.10. The molecule has 1 rings (SSSR count). The van der Waals surface area contributed by atoms with Gasteiger partial charge < -0.3 is 15.4 Å². The fourth-order valence-electron chi connectivity index (χ4n) is 1.53. The van der Waals surface area contributed by atoms with E-state index in [4.69, 9.17) is 0 Å². The number of carbonyl (C=O) groups excluding carboxylic acids is 1. The Morgan fingerprint density at radius 2 is 1.90 bits per heavy atom. The van der Waals surface area contributed by atoms with Crippen molar-refractivity contribution in [1.29, 1.82) is 0 Å². The average Bonchev–Trinajstić information content (AvgIpc) is 2.29. The molecule has 2 N–H and O–H groups in total. The molecule has 8 heteroatoms. The van der Waals surface area contributed by atoms with Crippen molar-refractivity contribution in [2.24, 2.45) is 0 Å². The van der Waals surface area contributed by atoms with Gasteiger partial charge in [0.2, 0.25) is 5.91 Å². The van der Waals surface area contributed by atoms with Crippen LogP contribution in [-0.4, -0.2) is 24.4 Å². The highest BCUT2D eigenvalue weighted by Crippen LogP contribution is 2.33. The van der Waals surface area contributed by atoms with E-state index in [9.17, 15) is 18.0 Å². The Bertz CT molecular complexity index is 507. The van der Waals surface area contributed by atoms with Crippen molar-refractivity contribution >= 4 is 27.5 Å². The molecule has 0 aliphatic heterocycles. The number of rotatable bonds is 5. The van der Waals surface area contributed by atoms with Crippen LogP contribution in [0.2, 0.25) is 0 Å². The molecule has 21 heavy (non-hydrogen) atoms. The Balaban J connectivity index is 2.89. The van der Waals surface area contributed by atoms with Crippen LogP contribution >= 0.6 is 15.9 Å². The molecule has 1 atom stereocenters. The summed E-state index contributed by atoms with van der Waals surface area (Å²) in [6.07, 6.45) is -4.80. The third-order valence-corrected chi connectivity index (χ3v) is 2.86. The minimum absolute atomic E-state index is 0.0578. The lowest BCUT2D eigenvalue weighted by atomic mass is 10.2. The van der Waals surface area contributed by atoms with E-state index in [2.05, 4.69) is 31.3 Å². The third kappa shape index (κ3) is 6.24. The van der Waals surface area contributed by atoms with Crippen LogP contribution in [0.1, 0.15) is 20.8 Å². The Labute approximate surface area is 129 Å². The molecule has 1 aromatic carbocycles. The number of carbonyl (C=O) groups is 1. The van der Waals surface area contributed by atoms with Gasteiger partial charge in [-0.15, -0.1) is 13.2 Å². The zero-order valence-electron chi connectivity index (χ0n) is 11.7. The number of nitrogens with one attached hydrogen (secondary N) is 2. The monoisotopic (exact) mass is 368 g/mol. The molecule has 0 heterocycles. The van der Waals surface area contributed by atoms with Crippen LogP contribution in [0.3, 0.4) is 0 Å². The summed E-state index contributed by atoms with van der Waals surface area (Å²) >= 11 is 3.08. The third-order valence-electron chi connectivity index (χ3n) is 2.37. The van der Waals surface area contributed by atoms with Crippen molar-refractivity contribution in [2.75, 3.05) is 5.32 Å². The topological polar surface area (TPSA) is 50.4 Å². The van der Waals surface area contributed by atoms with E-state index < -0.39 is 18.2 Å². The van der Waals surface area contributed by atoms with E-state index in [0.717, 1.165) is 0 Å². The van der Waals surface area contributed by atoms with Crippen LogP contribution < -0.4 is 15.4 Å². The molecule has 4 nitrogen and oxygen atoms in total. The fourth-order valence-corrected chi connectivity index (χ4v) is 1.87. The second-order valence-electron chi connectivity index (χ2n) is 4.72. The van der Waals surface area contributed by atoms with E-state index in [1.807, 2.05) is 0 Å². The first-order valence-corrected chi connectivity index (χ1v) is 7.00. The maximum Gasteiger partial charge on any atom is 0.573 e. The molecule has 0 spiro atoms. The molecule has 118 valence electrons. The van der Waals surface area contributed by atoms with Gasteiger partial charge >= 0.3 is 6.36 Å². The van der Waals surface area contributed by atoms with Gasteiger partial charge in [0.05, 0.1) is 5.69 Å². The minimum atomic E-state index is -4.80. The summed E-state index contributed by atoms with van der Waals surface area (Å²) in [5, 5.41) is 5.38. The standard InChI is InChI=1S/C13H16BrF3N2O2/c1-7(2)18-12(20)8(3)19-10-5-4-9(14)6-11(10)21-13(15,16)17/h4-8,19H,1-3H3,(H,18,20). The number of hydrogen-bond acceptors (Lipinski definition) is 3. The summed E-state index contributed by atoms with van der Waals surface area (Å²) in [5.74, 6) is -0.716. The lowest BCUT2D eigenvalue weighted by Crippen LogP contribution is -2.41. The summed E-state index contributed by atoms with van der Waals surface area (Å²) in [5.41, 5.74) is 0.0851. The van der Waals surface area contributed by atoms with Crippen LogP contribution in [-0.2, 0) is 4.79 Å². The highest BCUT2D eigenvalue weighted by atomic mass is 79.9. The Morgan fingerprint density at radius 1 is 1.29 bits per heavy atom. The van der Waals surface area contributed by atoms with Crippen LogP contribution in [0.25, 0.3) is 0 Å². The van der Waals surface area contributed by atoms with Gasteiger partial charge in [0, 0.05) is 10.5 Å². The number of ether oxygens (including phenoxy) is 1. The molecule has 0 radical (unpaired) electrons. The predicted octanol–water partition coefficient (Wildman–Crippen LogP) is 3.67. The molecule has 0 aliphatic carbocycles. The molecule has 0 saturated carbocycles. The normalized spacial score (nSPS) is 13.0. The second kappa shape index (κ2) is 7.02. The number of amides is 1. The Kier molecular flexibility index (Phi) is 5.88. The number of hydrogen-bond donors (Lipinski definition) is 2. The number of halogens is 4. The average molecular weight is 369 g/mol. The molecule has 1 unspecified atom stereocenters. The molecule has 0 aromatic heterocycles. The smallest absolute Gasteiger partial charge is 0.404 e. The first-order valence-electron chi connectivity index (χ1n) is 6.20. The SMILES string of the molecule is CC(C)NC(=O)C(C)Nc1ccc(Br)cc1OC(F)(F)F. The van der Waals surface area contributed by atoms with E-state index in [1.54, 1.807) is 26.8 Å². The highest BCUT2D eigenvalue weighted by Gasteiger charge is 2.32. The van der Waals surface area contributed by atoms with Crippen molar-refractivity contribution in [3.05, 3.63) is 22.7 Å². The zero-order chi connectivity index (χ0) is 16.2. The summed E-state index contributed by atoms with van der Waals surface area (Å²) in [6.45, 7) is 5.14. The molecular weight excluding hydrogens is 353 g/mol. The van der Waals surface area contributed by atoms with Crippen LogP contribution in [0.15, 0.2) is 22.7 Å². The van der Waals surface area contributed by atoms with Crippen molar-refractivity contribution in [2.45, 2.75) is 39.2 Å². The second-order valence-corrected chi connectivity index (χ2v) is 5.63. The van der Waals surface area contributed by atoms with E-state index in [0.29, 0.717) is 4.47 Å². The number of benzene rings is 1. The fraction of sp³-hybridized carbons (Fsp3) is 0.462. The largest absolute Gasteiger partial charge is 0.573 e. The van der Waals surface area contributed by atoms with Gasteiger partial charge in [-0.3, -0.25) is 4.79 Å². The molecule has 1 aromatic rings. The molecule has 0 fully saturated rings. The van der Waals surface area contributed by atoms with E-state index in [-0.39, 0.29) is 17.6 Å². The maximum absolute atomic E-state index is 12.4. The molecule has 1 amide bonds. The first kappa shape index (κ1) is 17.6. The quantitative estimate of drug-likeness (QED) is 0.833. The van der Waals surface area contributed by atoms with Crippen molar-refractivity contribution in [3.8, 4) is 5.75 Å². The Hall–Kier alpha value is -1.44. The van der Waals surface area contributed by atoms with Crippen LogP contribution in [0, 0.1) is 0 Å². The van der Waals surface area contributed by atoms with Gasteiger partial charge in [0.15, 0.2) is 5.75 Å². The van der Waals surface area contributed by atoms with Crippen molar-refractivity contribution < 1.29 is 22.7 Å². The summed E-state index contributed by atoms with van der Waals surface area (Å²) in [4.78, 5) is 11.8. The van der Waals surface area contributed by atoms with Gasteiger partial charge in [-0.2, -0.15) is 0 Å². The molecule has 0 aliphatic rings. The van der Waals surface area contributed by atoms with Crippen molar-refractivity contribution in [3.63, 3.8) is 0 Å². The van der Waals surface area contributed by atoms with Gasteiger partial charge in [0.25, 0.3) is 0 Å². The lowest BCUT2D eigenvalue weighted by Gasteiger charge is -2.20. The number of anilines is 1.